The monoisotopic (exact) mass is 420 g/mol. The number of likely N-dealkylation sites (N-methyl/N-ethyl adjacent to an activating group) is 1. The van der Waals surface area contributed by atoms with Crippen molar-refractivity contribution in [2.24, 2.45) is 0 Å². The highest BCUT2D eigenvalue weighted by Crippen LogP contribution is 2.17. The number of hydrogen-bond donors (Lipinski definition) is 4. The van der Waals surface area contributed by atoms with Crippen molar-refractivity contribution in [3.8, 4) is 0 Å². The fourth-order valence-corrected chi connectivity index (χ4v) is 2.89. The number of amides is 1. The highest BCUT2D eigenvalue weighted by atomic mass is 16.3. The highest BCUT2D eigenvalue weighted by molar-refractivity contribution is 5.77. The van der Waals surface area contributed by atoms with E-state index in [0.717, 1.165) is 16.8 Å². The summed E-state index contributed by atoms with van der Waals surface area (Å²) in [6.07, 6.45) is 1.03. The van der Waals surface area contributed by atoms with Crippen LogP contribution in [-0.2, 0) is 11.3 Å². The van der Waals surface area contributed by atoms with Crippen LogP contribution in [0.3, 0.4) is 0 Å². The average Bonchev–Trinajstić information content (AvgIpc) is 2.77. The lowest BCUT2D eigenvalue weighted by Crippen LogP contribution is -2.32. The Morgan fingerprint density at radius 3 is 2.52 bits per heavy atom. The van der Waals surface area contributed by atoms with E-state index in [4.69, 9.17) is 0 Å². The molecule has 1 heterocycles. The molecule has 0 fully saturated rings. The molecule has 31 heavy (non-hydrogen) atoms. The van der Waals surface area contributed by atoms with E-state index in [-0.39, 0.29) is 5.91 Å². The lowest BCUT2D eigenvalue weighted by Gasteiger charge is -2.13. The largest absolute Gasteiger partial charge is 0.387 e. The fourth-order valence-electron chi connectivity index (χ4n) is 2.89. The van der Waals surface area contributed by atoms with Gasteiger partial charge in [-0.3, -0.25) is 4.79 Å². The fraction of sp³-hybridized carbons (Fsp3) is 0.261. The molecule has 3 aromatic rings. The summed E-state index contributed by atoms with van der Waals surface area (Å²) in [4.78, 5) is 22.2. The third kappa shape index (κ3) is 7.36. The van der Waals surface area contributed by atoms with Gasteiger partial charge in [0, 0.05) is 25.0 Å². The summed E-state index contributed by atoms with van der Waals surface area (Å²) >= 11 is 0. The Kier molecular flexibility index (Phi) is 7.91. The molecule has 4 N–H and O–H groups in total. The second-order valence-electron chi connectivity index (χ2n) is 7.41. The van der Waals surface area contributed by atoms with Crippen LogP contribution in [0, 0.1) is 0 Å². The molecule has 0 aliphatic heterocycles. The molecule has 1 aromatic heterocycles. The molecule has 0 aliphatic rings. The topological polar surface area (TPSA) is 102 Å². The quantitative estimate of drug-likeness (QED) is 0.400. The van der Waals surface area contributed by atoms with Crippen molar-refractivity contribution in [2.75, 3.05) is 37.8 Å². The van der Waals surface area contributed by atoms with E-state index in [9.17, 15) is 9.90 Å². The van der Waals surface area contributed by atoms with Crippen LogP contribution >= 0.6 is 0 Å². The normalized spacial score (nSPS) is 11.7. The third-order valence-corrected chi connectivity index (χ3v) is 4.48. The Hall–Kier alpha value is -3.49. The van der Waals surface area contributed by atoms with E-state index in [2.05, 4.69) is 25.9 Å². The van der Waals surface area contributed by atoms with Crippen molar-refractivity contribution >= 4 is 23.4 Å². The zero-order chi connectivity index (χ0) is 22.1. The van der Waals surface area contributed by atoms with E-state index in [1.54, 1.807) is 12.3 Å². The van der Waals surface area contributed by atoms with E-state index in [1.165, 1.54) is 0 Å². The first-order chi connectivity index (χ1) is 15.0. The molecule has 2 aromatic carbocycles. The van der Waals surface area contributed by atoms with Gasteiger partial charge in [0.25, 0.3) is 0 Å². The van der Waals surface area contributed by atoms with Crippen LogP contribution in [-0.4, -0.2) is 53.1 Å². The highest BCUT2D eigenvalue weighted by Gasteiger charge is 2.08. The third-order valence-electron chi connectivity index (χ3n) is 4.48. The molecule has 0 bridgehead atoms. The molecule has 0 saturated carbocycles. The van der Waals surface area contributed by atoms with Crippen LogP contribution in [0.25, 0.3) is 0 Å². The zero-order valence-electron chi connectivity index (χ0n) is 17.7. The summed E-state index contributed by atoms with van der Waals surface area (Å²) in [5, 5.41) is 19.5. The number of benzene rings is 2. The van der Waals surface area contributed by atoms with Gasteiger partial charge in [0.1, 0.15) is 5.82 Å². The van der Waals surface area contributed by atoms with Crippen LogP contribution in [0.5, 0.6) is 0 Å². The first-order valence-corrected chi connectivity index (χ1v) is 10.1. The number of anilines is 3. The van der Waals surface area contributed by atoms with Crippen LogP contribution in [0.15, 0.2) is 66.9 Å². The molecule has 3 rings (SSSR count). The molecule has 0 radical (unpaired) electrons. The number of rotatable bonds is 10. The predicted molar refractivity (Wildman–Crippen MR) is 122 cm³/mol. The van der Waals surface area contributed by atoms with Crippen molar-refractivity contribution < 1.29 is 9.90 Å². The van der Waals surface area contributed by atoms with Crippen molar-refractivity contribution in [3.05, 3.63) is 78.0 Å². The smallest absolute Gasteiger partial charge is 0.234 e. The molecular formula is C23H28N6O2. The van der Waals surface area contributed by atoms with Crippen LogP contribution < -0.4 is 16.0 Å². The molecule has 1 atom stereocenters. The summed E-state index contributed by atoms with van der Waals surface area (Å²) < 4.78 is 0. The van der Waals surface area contributed by atoms with Crippen LogP contribution in [0.2, 0.25) is 0 Å². The standard InChI is InChI=1S/C23H28N6O2/c1-29(2)16-22(31)26-14-17-8-10-19(11-9-17)27-23-24-13-12-21(28-23)25-15-20(30)18-6-4-3-5-7-18/h3-13,20,30H,14-16H2,1-2H3,(H,26,31)(H2,24,25,27,28). The molecule has 8 nitrogen and oxygen atoms in total. The maximum absolute atomic E-state index is 11.7. The number of hydrogen-bond acceptors (Lipinski definition) is 7. The molecule has 0 aliphatic carbocycles. The second-order valence-corrected chi connectivity index (χ2v) is 7.41. The molecule has 1 amide bonds. The summed E-state index contributed by atoms with van der Waals surface area (Å²) in [6, 6.07) is 18.9. The Labute approximate surface area is 182 Å². The minimum atomic E-state index is -0.627. The van der Waals surface area contributed by atoms with Crippen molar-refractivity contribution in [3.63, 3.8) is 0 Å². The second kappa shape index (κ2) is 11.1. The van der Waals surface area contributed by atoms with E-state index in [1.807, 2.05) is 73.6 Å². The molecule has 0 saturated heterocycles. The summed E-state index contributed by atoms with van der Waals surface area (Å²) in [5.74, 6) is 1.06. The maximum Gasteiger partial charge on any atom is 0.234 e. The number of carbonyl (C=O) groups excluding carboxylic acids is 1. The van der Waals surface area contributed by atoms with Gasteiger partial charge in [-0.05, 0) is 43.4 Å². The molecular weight excluding hydrogens is 392 g/mol. The maximum atomic E-state index is 11.7. The average molecular weight is 421 g/mol. The van der Waals surface area contributed by atoms with Gasteiger partial charge in [-0.25, -0.2) is 4.98 Å². The Bertz CT molecular complexity index is 963. The van der Waals surface area contributed by atoms with Crippen molar-refractivity contribution in [1.82, 2.24) is 20.2 Å². The van der Waals surface area contributed by atoms with Gasteiger partial charge in [-0.1, -0.05) is 42.5 Å². The Balaban J connectivity index is 1.51. The van der Waals surface area contributed by atoms with Gasteiger partial charge in [0.2, 0.25) is 11.9 Å². The number of aromatic nitrogens is 2. The number of nitrogens with zero attached hydrogens (tertiary/aromatic N) is 3. The minimum absolute atomic E-state index is 0.0118. The first kappa shape index (κ1) is 22.2. The predicted octanol–water partition coefficient (Wildman–Crippen LogP) is 2.54. The Morgan fingerprint density at radius 1 is 1.06 bits per heavy atom. The van der Waals surface area contributed by atoms with Crippen LogP contribution in [0.4, 0.5) is 17.5 Å². The zero-order valence-corrected chi connectivity index (χ0v) is 17.7. The van der Waals surface area contributed by atoms with E-state index < -0.39 is 6.10 Å². The lowest BCUT2D eigenvalue weighted by molar-refractivity contribution is -0.121. The van der Waals surface area contributed by atoms with Crippen molar-refractivity contribution in [2.45, 2.75) is 12.6 Å². The van der Waals surface area contributed by atoms with E-state index >= 15 is 0 Å². The number of carbonyl (C=O) groups is 1. The van der Waals surface area contributed by atoms with Crippen LogP contribution in [0.1, 0.15) is 17.2 Å². The number of aliphatic hydroxyl groups excluding tert-OH is 1. The summed E-state index contributed by atoms with van der Waals surface area (Å²) in [5.41, 5.74) is 2.69. The summed E-state index contributed by atoms with van der Waals surface area (Å²) in [7, 11) is 3.72. The van der Waals surface area contributed by atoms with Gasteiger partial charge in [-0.15, -0.1) is 0 Å². The van der Waals surface area contributed by atoms with Crippen molar-refractivity contribution in [1.29, 1.82) is 0 Å². The SMILES string of the molecule is CN(C)CC(=O)NCc1ccc(Nc2nccc(NCC(O)c3ccccc3)n2)cc1. The lowest BCUT2D eigenvalue weighted by atomic mass is 10.1. The molecule has 8 heteroatoms. The molecule has 1 unspecified atom stereocenters. The molecule has 0 spiro atoms. The Morgan fingerprint density at radius 2 is 1.81 bits per heavy atom. The van der Waals surface area contributed by atoms with Gasteiger partial charge in [-0.2, -0.15) is 4.98 Å². The number of nitrogens with one attached hydrogen (secondary N) is 3. The first-order valence-electron chi connectivity index (χ1n) is 10.1. The minimum Gasteiger partial charge on any atom is -0.387 e. The van der Waals surface area contributed by atoms with Gasteiger partial charge in [0.15, 0.2) is 0 Å². The van der Waals surface area contributed by atoms with E-state index in [0.29, 0.717) is 31.4 Å². The molecule has 162 valence electrons. The van der Waals surface area contributed by atoms with Gasteiger partial charge >= 0.3 is 0 Å². The summed E-state index contributed by atoms with van der Waals surface area (Å²) in [6.45, 7) is 1.19. The van der Waals surface area contributed by atoms with Gasteiger partial charge < -0.3 is 26.0 Å². The number of aliphatic hydroxyl groups is 1. The van der Waals surface area contributed by atoms with Gasteiger partial charge in [0.05, 0.1) is 12.6 Å².